The fourth-order valence-electron chi connectivity index (χ4n) is 1.84. The quantitative estimate of drug-likeness (QED) is 0.433. The summed E-state index contributed by atoms with van der Waals surface area (Å²) in [4.78, 5) is 0. The molecule has 2 heteroatoms. The van der Waals surface area contributed by atoms with Gasteiger partial charge in [0.2, 0.25) is 0 Å². The predicted octanol–water partition coefficient (Wildman–Crippen LogP) is 3.94. The Bertz CT molecular complexity index is 388. The minimum Gasteiger partial charge on any atom is -0.0864 e. The Kier molecular flexibility index (Phi) is 5.47. The molecule has 2 aromatic carbocycles. The molecule has 0 radical (unpaired) electrons. The van der Waals surface area contributed by atoms with Crippen molar-refractivity contribution >= 4 is 41.1 Å². The van der Waals surface area contributed by atoms with Crippen LogP contribution in [0, 0.1) is 0 Å². The van der Waals surface area contributed by atoms with Crippen LogP contribution >= 0.6 is 30.5 Å². The van der Waals surface area contributed by atoms with Crippen LogP contribution in [0.5, 0.6) is 0 Å². The van der Waals surface area contributed by atoms with Crippen molar-refractivity contribution in [2.45, 2.75) is 6.42 Å². The topological polar surface area (TPSA) is 0 Å². The number of halogens is 1. The van der Waals surface area contributed by atoms with E-state index in [0.29, 0.717) is 0 Å². The van der Waals surface area contributed by atoms with E-state index in [9.17, 15) is 0 Å². The maximum Gasteiger partial charge on any atom is -0.000117 e. The van der Waals surface area contributed by atoms with E-state index in [1.807, 2.05) is 0 Å². The molecular weight excluding hydrogens is 338 g/mol. The van der Waals surface area contributed by atoms with Gasteiger partial charge >= 0.3 is 0 Å². The fourth-order valence-corrected chi connectivity index (χ4v) is 5.18. The lowest BCUT2D eigenvalue weighted by Gasteiger charge is -2.18. The van der Waals surface area contributed by atoms with Crippen molar-refractivity contribution in [3.05, 3.63) is 60.7 Å². The van der Waals surface area contributed by atoms with Gasteiger partial charge in [-0.15, -0.1) is 0 Å². The molecule has 88 valence electrons. The largest absolute Gasteiger partial charge is 0.0864 e. The number of alkyl halides is 1. The van der Waals surface area contributed by atoms with Gasteiger partial charge in [0.05, 0.1) is 0 Å². The van der Waals surface area contributed by atoms with Crippen molar-refractivity contribution in [3.8, 4) is 0 Å². The van der Waals surface area contributed by atoms with Crippen LogP contribution in [-0.2, 0) is 0 Å². The standard InChI is InChI=1S/C15H16IP/c16-12-7-13-17(14-8-3-1-4-9-14)15-10-5-2-6-11-15/h1-6,8-11H,7,12-13H2. The molecule has 0 nitrogen and oxygen atoms in total. The lowest BCUT2D eigenvalue weighted by atomic mass is 10.4. The fraction of sp³-hybridized carbons (Fsp3) is 0.200. The second-order valence-electron chi connectivity index (χ2n) is 3.87. The van der Waals surface area contributed by atoms with E-state index in [1.165, 1.54) is 27.6 Å². The SMILES string of the molecule is ICCCP(c1ccccc1)c1ccccc1. The molecular formula is C15H16IP. The van der Waals surface area contributed by atoms with Gasteiger partial charge in [-0.2, -0.15) is 0 Å². The van der Waals surface area contributed by atoms with Crippen LogP contribution < -0.4 is 10.6 Å². The Labute approximate surface area is 118 Å². The van der Waals surface area contributed by atoms with Gasteiger partial charge in [-0.1, -0.05) is 83.3 Å². The van der Waals surface area contributed by atoms with Gasteiger partial charge < -0.3 is 0 Å². The van der Waals surface area contributed by atoms with Crippen molar-refractivity contribution in [1.82, 2.24) is 0 Å². The molecule has 0 heterocycles. The molecule has 0 unspecified atom stereocenters. The zero-order valence-corrected chi connectivity index (χ0v) is 12.8. The average molecular weight is 354 g/mol. The molecule has 0 N–H and O–H groups in total. The van der Waals surface area contributed by atoms with E-state index in [0.717, 1.165) is 0 Å². The van der Waals surface area contributed by atoms with Gasteiger partial charge in [-0.3, -0.25) is 0 Å². The lowest BCUT2D eigenvalue weighted by Crippen LogP contribution is -2.13. The third kappa shape index (κ3) is 3.79. The molecule has 0 bridgehead atoms. The highest BCUT2D eigenvalue weighted by Gasteiger charge is 2.11. The molecule has 0 saturated heterocycles. The van der Waals surface area contributed by atoms with Gasteiger partial charge in [0.15, 0.2) is 0 Å². The van der Waals surface area contributed by atoms with E-state index in [2.05, 4.69) is 83.3 Å². The molecule has 0 atom stereocenters. The summed E-state index contributed by atoms with van der Waals surface area (Å²) in [5.41, 5.74) is 0. The highest BCUT2D eigenvalue weighted by atomic mass is 127. The maximum atomic E-state index is 2.47. The summed E-state index contributed by atoms with van der Waals surface area (Å²) in [6, 6.07) is 21.9. The molecule has 0 aliphatic rings. The van der Waals surface area contributed by atoms with E-state index in [1.54, 1.807) is 0 Å². The highest BCUT2D eigenvalue weighted by molar-refractivity contribution is 14.1. The van der Waals surface area contributed by atoms with Crippen molar-refractivity contribution in [3.63, 3.8) is 0 Å². The number of benzene rings is 2. The summed E-state index contributed by atoms with van der Waals surface area (Å²) in [5.74, 6) is 0. The minimum atomic E-state index is -0.162. The maximum absolute atomic E-state index is 2.47. The molecule has 0 amide bonds. The van der Waals surface area contributed by atoms with Crippen LogP contribution in [-0.4, -0.2) is 10.6 Å². The summed E-state index contributed by atoms with van der Waals surface area (Å²) in [5, 5.41) is 3.00. The van der Waals surface area contributed by atoms with Gasteiger partial charge in [0, 0.05) is 0 Å². The minimum absolute atomic E-state index is 0.162. The summed E-state index contributed by atoms with van der Waals surface area (Å²) in [6.07, 6.45) is 2.60. The van der Waals surface area contributed by atoms with E-state index in [-0.39, 0.29) is 7.92 Å². The molecule has 0 fully saturated rings. The van der Waals surface area contributed by atoms with Crippen LogP contribution in [0.3, 0.4) is 0 Å². The van der Waals surface area contributed by atoms with Gasteiger partial charge in [-0.25, -0.2) is 0 Å². The second kappa shape index (κ2) is 7.13. The van der Waals surface area contributed by atoms with Crippen LogP contribution in [0.25, 0.3) is 0 Å². The first-order chi connectivity index (χ1) is 8.42. The van der Waals surface area contributed by atoms with E-state index in [4.69, 9.17) is 0 Å². The molecule has 0 spiro atoms. The average Bonchev–Trinajstić information content (AvgIpc) is 2.42. The third-order valence-electron chi connectivity index (χ3n) is 2.65. The lowest BCUT2D eigenvalue weighted by molar-refractivity contribution is 1.14. The molecule has 0 aliphatic carbocycles. The van der Waals surface area contributed by atoms with Crippen LogP contribution in [0.15, 0.2) is 60.7 Å². The van der Waals surface area contributed by atoms with Crippen molar-refractivity contribution in [2.75, 3.05) is 10.6 Å². The Morgan fingerprint density at radius 3 is 1.65 bits per heavy atom. The Hall–Kier alpha value is -0.400. The van der Waals surface area contributed by atoms with E-state index < -0.39 is 0 Å². The van der Waals surface area contributed by atoms with Gasteiger partial charge in [0.25, 0.3) is 0 Å². The highest BCUT2D eigenvalue weighted by Crippen LogP contribution is 2.34. The molecule has 0 aromatic heterocycles. The normalized spacial score (nSPS) is 10.7. The van der Waals surface area contributed by atoms with Gasteiger partial charge in [0.1, 0.15) is 0 Å². The molecule has 0 saturated carbocycles. The van der Waals surface area contributed by atoms with Gasteiger partial charge in [-0.05, 0) is 35.5 Å². The first kappa shape index (κ1) is 13.0. The monoisotopic (exact) mass is 354 g/mol. The predicted molar refractivity (Wildman–Crippen MR) is 87.4 cm³/mol. The van der Waals surface area contributed by atoms with Crippen molar-refractivity contribution in [1.29, 1.82) is 0 Å². The molecule has 2 aromatic rings. The van der Waals surface area contributed by atoms with Crippen LogP contribution in [0.4, 0.5) is 0 Å². The molecule has 2 rings (SSSR count). The second-order valence-corrected chi connectivity index (χ2v) is 7.28. The number of rotatable bonds is 5. The summed E-state index contributed by atoms with van der Waals surface area (Å²) < 4.78 is 1.25. The summed E-state index contributed by atoms with van der Waals surface area (Å²) in [6.45, 7) is 0. The first-order valence-electron chi connectivity index (χ1n) is 5.85. The summed E-state index contributed by atoms with van der Waals surface area (Å²) >= 11 is 2.47. The summed E-state index contributed by atoms with van der Waals surface area (Å²) in [7, 11) is -0.162. The zero-order chi connectivity index (χ0) is 11.9. The van der Waals surface area contributed by atoms with E-state index >= 15 is 0 Å². The Morgan fingerprint density at radius 2 is 1.24 bits per heavy atom. The zero-order valence-electron chi connectivity index (χ0n) is 9.72. The first-order valence-corrected chi connectivity index (χ1v) is 8.90. The van der Waals surface area contributed by atoms with Crippen LogP contribution in [0.2, 0.25) is 0 Å². The molecule has 17 heavy (non-hydrogen) atoms. The number of hydrogen-bond acceptors (Lipinski definition) is 0. The Balaban J connectivity index is 2.26. The number of hydrogen-bond donors (Lipinski definition) is 0. The third-order valence-corrected chi connectivity index (χ3v) is 6.02. The van der Waals surface area contributed by atoms with Crippen molar-refractivity contribution < 1.29 is 0 Å². The molecule has 0 aliphatic heterocycles. The Morgan fingerprint density at radius 1 is 0.765 bits per heavy atom. The van der Waals surface area contributed by atoms with Crippen molar-refractivity contribution in [2.24, 2.45) is 0 Å². The smallest absolute Gasteiger partial charge is 0.000117 e. The van der Waals surface area contributed by atoms with Crippen LogP contribution in [0.1, 0.15) is 6.42 Å².